The Balaban J connectivity index is 1.83. The van der Waals surface area contributed by atoms with Gasteiger partial charge in [0.1, 0.15) is 11.1 Å². The summed E-state index contributed by atoms with van der Waals surface area (Å²) in [4.78, 5) is 42.7. The lowest BCUT2D eigenvalue weighted by molar-refractivity contribution is -0.150. The zero-order valence-corrected chi connectivity index (χ0v) is 14.9. The van der Waals surface area contributed by atoms with Gasteiger partial charge in [0, 0.05) is 37.7 Å². The van der Waals surface area contributed by atoms with Gasteiger partial charge in [-0.1, -0.05) is 0 Å². The van der Waals surface area contributed by atoms with E-state index in [-0.39, 0.29) is 43.0 Å². The van der Waals surface area contributed by atoms with E-state index in [0.717, 1.165) is 5.69 Å². The minimum Gasteiger partial charge on any atom is -0.479 e. The molecule has 1 N–H and O–H groups in total. The predicted octanol–water partition coefficient (Wildman–Crippen LogP) is 1.09. The Morgan fingerprint density at radius 2 is 1.96 bits per heavy atom. The van der Waals surface area contributed by atoms with Crippen LogP contribution in [0, 0.1) is 6.92 Å². The van der Waals surface area contributed by atoms with Crippen molar-refractivity contribution in [2.75, 3.05) is 13.1 Å². The predicted molar refractivity (Wildman–Crippen MR) is 94.1 cm³/mol. The van der Waals surface area contributed by atoms with E-state index in [1.54, 1.807) is 38.6 Å². The smallest absolute Gasteiger partial charge is 0.330 e. The Morgan fingerprint density at radius 1 is 1.27 bits per heavy atom. The molecule has 3 rings (SSSR count). The molecule has 0 unspecified atom stereocenters. The molecule has 2 aromatic heterocycles. The number of carbonyl (C=O) groups is 2. The van der Waals surface area contributed by atoms with Crippen molar-refractivity contribution in [3.63, 3.8) is 0 Å². The number of hydrogen-bond acceptors (Lipinski definition) is 4. The van der Waals surface area contributed by atoms with Crippen molar-refractivity contribution < 1.29 is 14.7 Å². The maximum absolute atomic E-state index is 12.8. The van der Waals surface area contributed by atoms with Crippen LogP contribution in [0.1, 0.15) is 35.8 Å². The van der Waals surface area contributed by atoms with Gasteiger partial charge >= 0.3 is 5.97 Å². The fraction of sp³-hybridized carbons (Fsp3) is 0.444. The number of likely N-dealkylation sites (tertiary alicyclic amines) is 1. The lowest BCUT2D eigenvalue weighted by Gasteiger charge is -2.39. The largest absolute Gasteiger partial charge is 0.479 e. The number of amides is 1. The van der Waals surface area contributed by atoms with Gasteiger partial charge in [-0.25, -0.2) is 9.78 Å². The normalized spacial score (nSPS) is 16.5. The van der Waals surface area contributed by atoms with Crippen molar-refractivity contribution in [1.29, 1.82) is 0 Å². The maximum atomic E-state index is 12.8. The van der Waals surface area contributed by atoms with Gasteiger partial charge in [-0.05, 0) is 38.8 Å². The average Bonchev–Trinajstić information content (AvgIpc) is 3.17. The fourth-order valence-electron chi connectivity index (χ4n) is 3.57. The van der Waals surface area contributed by atoms with E-state index < -0.39 is 11.5 Å². The van der Waals surface area contributed by atoms with Crippen LogP contribution >= 0.6 is 0 Å². The summed E-state index contributed by atoms with van der Waals surface area (Å²) in [5.74, 6) is -1.28. The fourth-order valence-corrected chi connectivity index (χ4v) is 3.57. The van der Waals surface area contributed by atoms with Crippen molar-refractivity contribution in [3.8, 4) is 0 Å². The lowest BCUT2D eigenvalue weighted by Crippen LogP contribution is -2.52. The lowest BCUT2D eigenvalue weighted by atomic mass is 9.87. The SMILES string of the molecule is CCn1c(C)ccc(C(=O)N2CCC(C(=O)O)(n3ccnc3)CC2)c1=O. The van der Waals surface area contributed by atoms with Crippen LogP contribution in [0.5, 0.6) is 0 Å². The highest BCUT2D eigenvalue weighted by molar-refractivity contribution is 5.94. The van der Waals surface area contributed by atoms with Crippen molar-refractivity contribution in [1.82, 2.24) is 19.0 Å². The number of nitrogens with zero attached hydrogens (tertiary/aromatic N) is 4. The molecule has 0 radical (unpaired) electrons. The number of carbonyl (C=O) groups excluding carboxylic acids is 1. The number of piperidine rings is 1. The second-order valence-corrected chi connectivity index (χ2v) is 6.54. The first kappa shape index (κ1) is 17.9. The number of aromatic nitrogens is 3. The molecule has 0 spiro atoms. The number of aliphatic carboxylic acids is 1. The molecule has 1 amide bonds. The minimum absolute atomic E-state index is 0.128. The Kier molecular flexibility index (Phi) is 4.67. The van der Waals surface area contributed by atoms with Crippen LogP contribution in [0.25, 0.3) is 0 Å². The third kappa shape index (κ3) is 2.81. The molecule has 1 aliphatic rings. The van der Waals surface area contributed by atoms with Crippen molar-refractivity contribution in [3.05, 3.63) is 52.5 Å². The van der Waals surface area contributed by atoms with Crippen LogP contribution in [0.15, 0.2) is 35.6 Å². The van der Waals surface area contributed by atoms with Crippen LogP contribution in [-0.2, 0) is 16.9 Å². The molecular weight excluding hydrogens is 336 g/mol. The van der Waals surface area contributed by atoms with Gasteiger partial charge in [0.2, 0.25) is 0 Å². The van der Waals surface area contributed by atoms with Gasteiger partial charge in [-0.3, -0.25) is 9.59 Å². The van der Waals surface area contributed by atoms with E-state index in [9.17, 15) is 19.5 Å². The topological polar surface area (TPSA) is 97.4 Å². The third-order valence-electron chi connectivity index (χ3n) is 5.21. The molecule has 138 valence electrons. The molecule has 0 saturated carbocycles. The van der Waals surface area contributed by atoms with Crippen LogP contribution < -0.4 is 5.56 Å². The first-order valence-corrected chi connectivity index (χ1v) is 8.62. The number of pyridine rings is 1. The number of rotatable bonds is 4. The highest BCUT2D eigenvalue weighted by atomic mass is 16.4. The molecule has 1 aliphatic heterocycles. The molecule has 8 nitrogen and oxygen atoms in total. The quantitative estimate of drug-likeness (QED) is 0.882. The molecule has 0 aromatic carbocycles. The van der Waals surface area contributed by atoms with Gasteiger partial charge in [-0.15, -0.1) is 0 Å². The zero-order chi connectivity index (χ0) is 18.9. The molecule has 8 heteroatoms. The van der Waals surface area contributed by atoms with Gasteiger partial charge in [0.15, 0.2) is 0 Å². The summed E-state index contributed by atoms with van der Waals surface area (Å²) < 4.78 is 3.15. The van der Waals surface area contributed by atoms with E-state index >= 15 is 0 Å². The van der Waals surface area contributed by atoms with Crippen molar-refractivity contribution in [2.45, 2.75) is 38.8 Å². The highest BCUT2D eigenvalue weighted by Gasteiger charge is 2.44. The van der Waals surface area contributed by atoms with Gasteiger partial charge in [0.05, 0.1) is 6.33 Å². The number of imidazole rings is 1. The van der Waals surface area contributed by atoms with Gasteiger partial charge in [-0.2, -0.15) is 0 Å². The molecule has 3 heterocycles. The Hall–Kier alpha value is -2.90. The summed E-state index contributed by atoms with van der Waals surface area (Å²) >= 11 is 0. The summed E-state index contributed by atoms with van der Waals surface area (Å²) in [5, 5.41) is 9.74. The second kappa shape index (κ2) is 6.78. The van der Waals surface area contributed by atoms with Crippen LogP contribution in [-0.4, -0.2) is 49.1 Å². The zero-order valence-electron chi connectivity index (χ0n) is 14.9. The summed E-state index contributed by atoms with van der Waals surface area (Å²) in [6, 6.07) is 3.32. The molecule has 0 atom stereocenters. The molecule has 0 bridgehead atoms. The molecule has 26 heavy (non-hydrogen) atoms. The van der Waals surface area contributed by atoms with Crippen LogP contribution in [0.2, 0.25) is 0 Å². The monoisotopic (exact) mass is 358 g/mol. The van der Waals surface area contributed by atoms with Crippen molar-refractivity contribution >= 4 is 11.9 Å². The van der Waals surface area contributed by atoms with Gasteiger partial charge < -0.3 is 19.1 Å². The number of hydrogen-bond donors (Lipinski definition) is 1. The summed E-state index contributed by atoms with van der Waals surface area (Å²) in [5.41, 5.74) is -0.479. The summed E-state index contributed by atoms with van der Waals surface area (Å²) in [7, 11) is 0. The molecule has 1 fully saturated rings. The molecule has 1 saturated heterocycles. The first-order chi connectivity index (χ1) is 12.4. The number of aryl methyl sites for hydroxylation is 1. The molecule has 2 aromatic rings. The van der Waals surface area contributed by atoms with Crippen LogP contribution in [0.3, 0.4) is 0 Å². The second-order valence-electron chi connectivity index (χ2n) is 6.54. The van der Waals surface area contributed by atoms with E-state index in [4.69, 9.17) is 0 Å². The highest BCUT2D eigenvalue weighted by Crippen LogP contribution is 2.31. The minimum atomic E-state index is -1.11. The molecular formula is C18H22N4O4. The standard InChI is InChI=1S/C18H22N4O4/c1-3-22-13(2)4-5-14(16(22)24)15(23)20-9-6-18(7-10-20,17(25)26)21-11-8-19-12-21/h4-5,8,11-12H,3,6-7,9-10H2,1-2H3,(H,25,26). The molecule has 0 aliphatic carbocycles. The van der Waals surface area contributed by atoms with E-state index in [1.165, 1.54) is 6.33 Å². The Morgan fingerprint density at radius 3 is 2.50 bits per heavy atom. The van der Waals surface area contributed by atoms with E-state index in [2.05, 4.69) is 4.98 Å². The number of carboxylic acid groups (broad SMARTS) is 1. The van der Waals surface area contributed by atoms with Gasteiger partial charge in [0.25, 0.3) is 11.5 Å². The number of carboxylic acids is 1. The Labute approximate surface area is 150 Å². The maximum Gasteiger partial charge on any atom is 0.330 e. The van der Waals surface area contributed by atoms with E-state index in [1.807, 2.05) is 13.8 Å². The van der Waals surface area contributed by atoms with E-state index in [0.29, 0.717) is 6.54 Å². The van der Waals surface area contributed by atoms with Crippen LogP contribution in [0.4, 0.5) is 0 Å². The summed E-state index contributed by atoms with van der Waals surface area (Å²) in [6.07, 6.45) is 5.19. The summed E-state index contributed by atoms with van der Waals surface area (Å²) in [6.45, 7) is 4.71. The average molecular weight is 358 g/mol. The Bertz CT molecular complexity index is 877. The first-order valence-electron chi connectivity index (χ1n) is 8.62. The third-order valence-corrected chi connectivity index (χ3v) is 5.21. The van der Waals surface area contributed by atoms with Crippen molar-refractivity contribution in [2.24, 2.45) is 0 Å².